The Morgan fingerprint density at radius 2 is 1.85 bits per heavy atom. The van der Waals surface area contributed by atoms with E-state index < -0.39 is 23.5 Å². The normalized spacial score (nSPS) is 22.9. The van der Waals surface area contributed by atoms with Gasteiger partial charge in [0.15, 0.2) is 5.41 Å². The van der Waals surface area contributed by atoms with Crippen molar-refractivity contribution in [2.75, 3.05) is 13.7 Å². The molecule has 1 amide bonds. The first kappa shape index (κ1) is 18.6. The number of hydrogen-bond donors (Lipinski definition) is 1. The predicted octanol–water partition coefficient (Wildman–Crippen LogP) is 2.38. The minimum Gasteiger partial charge on any atom is -0.468 e. The fourth-order valence-corrected chi connectivity index (χ4v) is 3.78. The van der Waals surface area contributed by atoms with Gasteiger partial charge >= 0.3 is 5.97 Å². The zero-order valence-electron chi connectivity index (χ0n) is 14.9. The molecule has 0 spiro atoms. The predicted molar refractivity (Wildman–Crippen MR) is 97.0 cm³/mol. The first-order chi connectivity index (χ1) is 13.1. The highest BCUT2D eigenvalue weighted by atomic mass is 16.5. The number of rotatable bonds is 5. The second-order valence-corrected chi connectivity index (χ2v) is 6.47. The van der Waals surface area contributed by atoms with Crippen LogP contribution in [-0.4, -0.2) is 35.6 Å². The Kier molecular flexibility index (Phi) is 5.24. The third-order valence-electron chi connectivity index (χ3n) is 5.02. The summed E-state index contributed by atoms with van der Waals surface area (Å²) in [7, 11) is 1.21. The van der Waals surface area contributed by atoms with Crippen molar-refractivity contribution in [3.05, 3.63) is 71.8 Å². The number of carbonyl (C=O) groups excluding carboxylic acids is 2. The van der Waals surface area contributed by atoms with Gasteiger partial charge in [0.25, 0.3) is 0 Å². The summed E-state index contributed by atoms with van der Waals surface area (Å²) in [6, 6.07) is 18.5. The number of carbonyl (C=O) groups is 2. The van der Waals surface area contributed by atoms with E-state index in [1.54, 1.807) is 36.4 Å². The van der Waals surface area contributed by atoms with Crippen molar-refractivity contribution in [2.24, 2.45) is 5.41 Å². The Labute approximate surface area is 157 Å². The van der Waals surface area contributed by atoms with Gasteiger partial charge < -0.3 is 14.7 Å². The standard InChI is InChI=1S/C21H20N2O4/c1-27-20(26)21(14-22)12-18(25)23(19(21)16-10-6-3-7-11-16)17(13-24)15-8-4-2-5-9-15/h2-11,17,19,24H,12-13H2,1H3/t17-,19-,21+/m0/s1. The number of esters is 1. The first-order valence-corrected chi connectivity index (χ1v) is 8.60. The van der Waals surface area contributed by atoms with Crippen LogP contribution in [0.4, 0.5) is 0 Å². The SMILES string of the molecule is COC(=O)[C@@]1(C#N)CC(=O)N([C@@H](CO)c2ccccc2)[C@H]1c1ccccc1. The number of nitrogens with zero attached hydrogens (tertiary/aromatic N) is 2. The van der Waals surface area contributed by atoms with Crippen LogP contribution in [0.25, 0.3) is 0 Å². The van der Waals surface area contributed by atoms with Gasteiger partial charge in [-0.1, -0.05) is 60.7 Å². The average molecular weight is 364 g/mol. The highest BCUT2D eigenvalue weighted by Crippen LogP contribution is 2.51. The second kappa shape index (κ2) is 7.60. The van der Waals surface area contributed by atoms with Gasteiger partial charge in [-0.05, 0) is 11.1 Å². The summed E-state index contributed by atoms with van der Waals surface area (Å²) in [4.78, 5) is 27.0. The van der Waals surface area contributed by atoms with Crippen LogP contribution >= 0.6 is 0 Å². The molecule has 27 heavy (non-hydrogen) atoms. The quantitative estimate of drug-likeness (QED) is 0.823. The second-order valence-electron chi connectivity index (χ2n) is 6.47. The number of hydrogen-bond acceptors (Lipinski definition) is 5. The third-order valence-corrected chi connectivity index (χ3v) is 5.02. The van der Waals surface area contributed by atoms with Crippen molar-refractivity contribution in [1.82, 2.24) is 4.90 Å². The van der Waals surface area contributed by atoms with Crippen LogP contribution in [0.15, 0.2) is 60.7 Å². The maximum absolute atomic E-state index is 13.0. The van der Waals surface area contributed by atoms with E-state index in [-0.39, 0.29) is 18.9 Å². The molecule has 1 saturated heterocycles. The summed E-state index contributed by atoms with van der Waals surface area (Å²) >= 11 is 0. The molecule has 0 aromatic heterocycles. The zero-order valence-corrected chi connectivity index (χ0v) is 14.9. The van der Waals surface area contributed by atoms with Crippen LogP contribution in [-0.2, 0) is 14.3 Å². The number of aliphatic hydroxyl groups excluding tert-OH is 1. The number of amides is 1. The van der Waals surface area contributed by atoms with Crippen molar-refractivity contribution < 1.29 is 19.4 Å². The van der Waals surface area contributed by atoms with E-state index in [1.165, 1.54) is 12.0 Å². The molecule has 1 aliphatic rings. The third kappa shape index (κ3) is 3.07. The van der Waals surface area contributed by atoms with Crippen molar-refractivity contribution in [3.8, 4) is 6.07 Å². The van der Waals surface area contributed by atoms with Crippen LogP contribution in [0.3, 0.4) is 0 Å². The first-order valence-electron chi connectivity index (χ1n) is 8.60. The molecule has 1 aliphatic heterocycles. The van der Waals surface area contributed by atoms with E-state index in [4.69, 9.17) is 4.74 Å². The van der Waals surface area contributed by atoms with Crippen molar-refractivity contribution >= 4 is 11.9 Å². The fourth-order valence-electron chi connectivity index (χ4n) is 3.78. The molecule has 1 heterocycles. The fraction of sp³-hybridized carbons (Fsp3) is 0.286. The Bertz CT molecular complexity index is 863. The molecule has 1 N–H and O–H groups in total. The van der Waals surface area contributed by atoms with Crippen LogP contribution in [0.2, 0.25) is 0 Å². The Morgan fingerprint density at radius 1 is 1.26 bits per heavy atom. The summed E-state index contributed by atoms with van der Waals surface area (Å²) in [5.74, 6) is -1.13. The van der Waals surface area contributed by atoms with Crippen LogP contribution in [0.1, 0.15) is 29.6 Å². The zero-order chi connectivity index (χ0) is 19.4. The monoisotopic (exact) mass is 364 g/mol. The lowest BCUT2D eigenvalue weighted by Crippen LogP contribution is -2.40. The van der Waals surface area contributed by atoms with E-state index in [9.17, 15) is 20.0 Å². The maximum atomic E-state index is 13.0. The van der Waals surface area contributed by atoms with E-state index in [0.717, 1.165) is 5.56 Å². The van der Waals surface area contributed by atoms with Gasteiger partial charge in [-0.2, -0.15) is 5.26 Å². The van der Waals surface area contributed by atoms with Gasteiger partial charge in [-0.15, -0.1) is 0 Å². The van der Waals surface area contributed by atoms with Crippen LogP contribution in [0.5, 0.6) is 0 Å². The van der Waals surface area contributed by atoms with Gasteiger partial charge in [-0.3, -0.25) is 9.59 Å². The number of ether oxygens (including phenoxy) is 1. The number of likely N-dealkylation sites (tertiary alicyclic amines) is 1. The molecule has 138 valence electrons. The minimum atomic E-state index is -1.67. The summed E-state index contributed by atoms with van der Waals surface area (Å²) in [5.41, 5.74) is -0.298. The summed E-state index contributed by atoms with van der Waals surface area (Å²) in [6.07, 6.45) is -0.293. The molecular weight excluding hydrogens is 344 g/mol. The Hall–Kier alpha value is -3.17. The number of benzene rings is 2. The Balaban J connectivity index is 2.18. The molecule has 0 unspecified atom stereocenters. The molecule has 0 aliphatic carbocycles. The maximum Gasteiger partial charge on any atom is 0.329 e. The smallest absolute Gasteiger partial charge is 0.329 e. The average Bonchev–Trinajstić information content (AvgIpc) is 3.03. The molecule has 3 rings (SSSR count). The van der Waals surface area contributed by atoms with Crippen LogP contribution in [0, 0.1) is 16.7 Å². The van der Waals surface area contributed by atoms with Crippen molar-refractivity contribution in [1.29, 1.82) is 5.26 Å². The minimum absolute atomic E-state index is 0.293. The molecule has 0 bridgehead atoms. The van der Waals surface area contributed by atoms with Crippen molar-refractivity contribution in [3.63, 3.8) is 0 Å². The van der Waals surface area contributed by atoms with Gasteiger partial charge in [0.1, 0.15) is 0 Å². The molecule has 6 nitrogen and oxygen atoms in total. The van der Waals surface area contributed by atoms with Crippen LogP contribution < -0.4 is 0 Å². The lowest BCUT2D eigenvalue weighted by Gasteiger charge is -2.36. The molecule has 1 fully saturated rings. The van der Waals surface area contributed by atoms with Crippen molar-refractivity contribution in [2.45, 2.75) is 18.5 Å². The number of aliphatic hydroxyl groups is 1. The molecule has 0 radical (unpaired) electrons. The lowest BCUT2D eigenvalue weighted by atomic mass is 9.78. The molecular formula is C21H20N2O4. The highest BCUT2D eigenvalue weighted by molar-refractivity contribution is 5.93. The van der Waals surface area contributed by atoms with Gasteiger partial charge in [-0.25, -0.2) is 0 Å². The Morgan fingerprint density at radius 3 is 2.37 bits per heavy atom. The van der Waals surface area contributed by atoms with Gasteiger partial charge in [0, 0.05) is 0 Å². The molecule has 3 atom stereocenters. The van der Waals surface area contributed by atoms with Gasteiger partial charge in [0.2, 0.25) is 5.91 Å². The summed E-state index contributed by atoms with van der Waals surface area (Å²) in [5, 5.41) is 20.0. The highest BCUT2D eigenvalue weighted by Gasteiger charge is 2.60. The van der Waals surface area contributed by atoms with E-state index in [2.05, 4.69) is 0 Å². The molecule has 2 aromatic carbocycles. The molecule has 2 aromatic rings. The van der Waals surface area contributed by atoms with Gasteiger partial charge in [0.05, 0.1) is 38.3 Å². The molecule has 0 saturated carbocycles. The largest absolute Gasteiger partial charge is 0.468 e. The summed E-state index contributed by atoms with van der Waals surface area (Å²) in [6.45, 7) is -0.332. The van der Waals surface area contributed by atoms with E-state index in [0.29, 0.717) is 5.56 Å². The molecule has 6 heteroatoms. The topological polar surface area (TPSA) is 90.6 Å². The van der Waals surface area contributed by atoms with E-state index >= 15 is 0 Å². The number of methoxy groups -OCH3 is 1. The van der Waals surface area contributed by atoms with E-state index in [1.807, 2.05) is 30.3 Å². The number of nitriles is 1. The lowest BCUT2D eigenvalue weighted by molar-refractivity contribution is -0.151. The summed E-state index contributed by atoms with van der Waals surface area (Å²) < 4.78 is 4.89.